The zero-order valence-corrected chi connectivity index (χ0v) is 10.6. The molecule has 17 heavy (non-hydrogen) atoms. The summed E-state index contributed by atoms with van der Waals surface area (Å²) in [6, 6.07) is 1.77. The number of aliphatic hydroxyl groups excluding tert-OH is 1. The molecule has 6 heteroatoms. The van der Waals surface area contributed by atoms with Crippen LogP contribution in [0.25, 0.3) is 0 Å². The van der Waals surface area contributed by atoms with Gasteiger partial charge in [-0.3, -0.25) is 4.79 Å². The van der Waals surface area contributed by atoms with Crippen molar-refractivity contribution in [3.05, 3.63) is 33.6 Å². The number of carbonyl (C=O) groups excluding carboxylic acids is 1. The van der Waals surface area contributed by atoms with Crippen LogP contribution < -0.4 is 5.32 Å². The average molecular weight is 280 g/mol. The Hall–Kier alpha value is -0.840. The van der Waals surface area contributed by atoms with Gasteiger partial charge >= 0.3 is 0 Å². The van der Waals surface area contributed by atoms with E-state index in [2.05, 4.69) is 5.32 Å². The lowest BCUT2D eigenvalue weighted by Gasteiger charge is -2.14. The molecule has 3 nitrogen and oxygen atoms in total. The van der Waals surface area contributed by atoms with Crippen molar-refractivity contribution in [1.29, 1.82) is 0 Å². The van der Waals surface area contributed by atoms with Crippen molar-refractivity contribution < 1.29 is 14.3 Å². The highest BCUT2D eigenvalue weighted by atomic mass is 35.5. The lowest BCUT2D eigenvalue weighted by atomic mass is 10.1. The first kappa shape index (κ1) is 14.2. The van der Waals surface area contributed by atoms with Crippen molar-refractivity contribution in [3.8, 4) is 0 Å². The van der Waals surface area contributed by atoms with E-state index >= 15 is 0 Å². The summed E-state index contributed by atoms with van der Waals surface area (Å²) in [4.78, 5) is 11.7. The molecule has 0 heterocycles. The summed E-state index contributed by atoms with van der Waals surface area (Å²) in [7, 11) is 0. The predicted octanol–water partition coefficient (Wildman–Crippen LogP) is 2.63. The van der Waals surface area contributed by atoms with E-state index in [0.29, 0.717) is 6.42 Å². The molecule has 1 rings (SSSR count). The third kappa shape index (κ3) is 3.56. The van der Waals surface area contributed by atoms with E-state index in [1.807, 2.05) is 6.92 Å². The average Bonchev–Trinajstić information content (AvgIpc) is 2.30. The summed E-state index contributed by atoms with van der Waals surface area (Å²) >= 11 is 11.3. The Morgan fingerprint density at radius 1 is 1.47 bits per heavy atom. The monoisotopic (exact) mass is 279 g/mol. The minimum Gasteiger partial charge on any atom is -0.394 e. The number of rotatable bonds is 4. The summed E-state index contributed by atoms with van der Waals surface area (Å²) in [6.45, 7) is 1.63. The van der Waals surface area contributed by atoms with Gasteiger partial charge in [-0.25, -0.2) is 4.39 Å². The van der Waals surface area contributed by atoms with E-state index in [0.717, 1.165) is 6.07 Å². The normalized spacial score (nSPS) is 12.3. The molecule has 0 saturated carbocycles. The second-order valence-electron chi connectivity index (χ2n) is 3.51. The van der Waals surface area contributed by atoms with Crippen LogP contribution >= 0.6 is 23.2 Å². The summed E-state index contributed by atoms with van der Waals surface area (Å²) in [5.41, 5.74) is 0.000432. The molecule has 1 amide bonds. The Morgan fingerprint density at radius 3 is 2.65 bits per heavy atom. The van der Waals surface area contributed by atoms with Crippen LogP contribution in [-0.4, -0.2) is 23.7 Å². The fourth-order valence-corrected chi connectivity index (χ4v) is 1.71. The molecule has 0 aliphatic carbocycles. The Bertz CT molecular complexity index is 422. The molecule has 94 valence electrons. The number of benzene rings is 1. The first-order valence-electron chi connectivity index (χ1n) is 5.05. The molecule has 1 aromatic carbocycles. The Morgan fingerprint density at radius 2 is 2.12 bits per heavy atom. The van der Waals surface area contributed by atoms with E-state index < -0.39 is 11.7 Å². The largest absolute Gasteiger partial charge is 0.394 e. The van der Waals surface area contributed by atoms with Crippen molar-refractivity contribution in [2.75, 3.05) is 6.61 Å². The molecule has 0 saturated heterocycles. The molecular formula is C11H12Cl2FNO2. The number of carbonyl (C=O) groups is 1. The zero-order valence-electron chi connectivity index (χ0n) is 9.14. The molecule has 1 aromatic rings. The standard InChI is InChI=1S/C11H12Cl2FNO2/c1-2-6(5-16)15-11(17)7-3-10(14)9(13)4-8(7)12/h3-4,6,16H,2,5H2,1H3,(H,15,17)/t6-/m1/s1. The van der Waals surface area contributed by atoms with E-state index in [4.69, 9.17) is 28.3 Å². The number of hydrogen-bond acceptors (Lipinski definition) is 2. The summed E-state index contributed by atoms with van der Waals surface area (Å²) in [5.74, 6) is -1.25. The highest BCUT2D eigenvalue weighted by Crippen LogP contribution is 2.24. The maximum atomic E-state index is 13.2. The van der Waals surface area contributed by atoms with Gasteiger partial charge in [0.1, 0.15) is 5.82 Å². The highest BCUT2D eigenvalue weighted by Gasteiger charge is 2.16. The van der Waals surface area contributed by atoms with Crippen molar-refractivity contribution in [3.63, 3.8) is 0 Å². The van der Waals surface area contributed by atoms with Gasteiger partial charge in [-0.15, -0.1) is 0 Å². The topological polar surface area (TPSA) is 49.3 Å². The first-order valence-corrected chi connectivity index (χ1v) is 5.81. The first-order chi connectivity index (χ1) is 7.99. The van der Waals surface area contributed by atoms with Crippen LogP contribution in [0.1, 0.15) is 23.7 Å². The second kappa shape index (κ2) is 6.19. The molecule has 0 fully saturated rings. The lowest BCUT2D eigenvalue weighted by Crippen LogP contribution is -2.37. The van der Waals surface area contributed by atoms with Gasteiger partial charge in [0.2, 0.25) is 0 Å². The van der Waals surface area contributed by atoms with Gasteiger partial charge in [0.25, 0.3) is 5.91 Å². The Balaban J connectivity index is 2.93. The van der Waals surface area contributed by atoms with Crippen LogP contribution in [0.2, 0.25) is 10.0 Å². The molecule has 2 N–H and O–H groups in total. The molecule has 0 aromatic heterocycles. The van der Waals surface area contributed by atoms with Crippen LogP contribution in [0.3, 0.4) is 0 Å². The second-order valence-corrected chi connectivity index (χ2v) is 4.32. The summed E-state index contributed by atoms with van der Waals surface area (Å²) in [6.07, 6.45) is 0.565. The SMILES string of the molecule is CC[C@H](CO)NC(=O)c1cc(F)c(Cl)cc1Cl. The summed E-state index contributed by atoms with van der Waals surface area (Å²) in [5, 5.41) is 11.4. The number of hydrogen-bond donors (Lipinski definition) is 2. The van der Waals surface area contributed by atoms with E-state index in [9.17, 15) is 9.18 Å². The van der Waals surface area contributed by atoms with Gasteiger partial charge in [0.15, 0.2) is 0 Å². The smallest absolute Gasteiger partial charge is 0.253 e. The number of aliphatic hydroxyl groups is 1. The molecular weight excluding hydrogens is 268 g/mol. The predicted molar refractivity (Wildman–Crippen MR) is 65.1 cm³/mol. The minimum absolute atomic E-state index is 0.000432. The van der Waals surface area contributed by atoms with Gasteiger partial charge in [-0.1, -0.05) is 30.1 Å². The van der Waals surface area contributed by atoms with Gasteiger partial charge in [-0.05, 0) is 18.6 Å². The molecule has 0 spiro atoms. The van der Waals surface area contributed by atoms with Crippen molar-refractivity contribution in [1.82, 2.24) is 5.32 Å². The number of nitrogens with one attached hydrogen (secondary N) is 1. The van der Waals surface area contributed by atoms with Gasteiger partial charge in [0, 0.05) is 0 Å². The van der Waals surface area contributed by atoms with Gasteiger partial charge in [0.05, 0.1) is 28.3 Å². The molecule has 0 unspecified atom stereocenters. The molecule has 1 atom stereocenters. The van der Waals surface area contributed by atoms with Crippen LogP contribution in [0.5, 0.6) is 0 Å². The van der Waals surface area contributed by atoms with Gasteiger partial charge < -0.3 is 10.4 Å². The minimum atomic E-state index is -0.710. The fourth-order valence-electron chi connectivity index (χ4n) is 1.24. The quantitative estimate of drug-likeness (QED) is 0.833. The van der Waals surface area contributed by atoms with E-state index in [1.165, 1.54) is 6.07 Å². The summed E-state index contributed by atoms with van der Waals surface area (Å²) < 4.78 is 13.2. The highest BCUT2D eigenvalue weighted by molar-refractivity contribution is 6.36. The third-order valence-corrected chi connectivity index (χ3v) is 2.91. The van der Waals surface area contributed by atoms with Crippen molar-refractivity contribution in [2.45, 2.75) is 19.4 Å². The van der Waals surface area contributed by atoms with Crippen LogP contribution in [-0.2, 0) is 0 Å². The van der Waals surface area contributed by atoms with Crippen molar-refractivity contribution >= 4 is 29.1 Å². The van der Waals surface area contributed by atoms with Gasteiger partial charge in [-0.2, -0.15) is 0 Å². The third-order valence-electron chi connectivity index (χ3n) is 2.30. The van der Waals surface area contributed by atoms with Crippen LogP contribution in [0, 0.1) is 5.82 Å². The molecule has 0 radical (unpaired) electrons. The Kier molecular flexibility index (Phi) is 5.18. The maximum absolute atomic E-state index is 13.2. The molecule has 0 aliphatic rings. The maximum Gasteiger partial charge on any atom is 0.253 e. The fraction of sp³-hybridized carbons (Fsp3) is 0.364. The van der Waals surface area contributed by atoms with E-state index in [-0.39, 0.29) is 28.3 Å². The van der Waals surface area contributed by atoms with E-state index in [1.54, 1.807) is 0 Å². The van der Waals surface area contributed by atoms with Crippen molar-refractivity contribution in [2.24, 2.45) is 0 Å². The Labute approximate surface area is 109 Å². The molecule has 0 bridgehead atoms. The van der Waals surface area contributed by atoms with Crippen LogP contribution in [0.4, 0.5) is 4.39 Å². The number of amides is 1. The van der Waals surface area contributed by atoms with Crippen LogP contribution in [0.15, 0.2) is 12.1 Å². The number of halogens is 3. The zero-order chi connectivity index (χ0) is 13.0. The lowest BCUT2D eigenvalue weighted by molar-refractivity contribution is 0.0914. The molecule has 0 aliphatic heterocycles.